The number of nitrogens with zero attached hydrogens (tertiary/aromatic N) is 4. The average molecular weight is 413 g/mol. The molecule has 1 aliphatic rings. The van der Waals surface area contributed by atoms with Crippen molar-refractivity contribution in [2.45, 2.75) is 37.8 Å². The topological polar surface area (TPSA) is 96.2 Å². The normalized spacial score (nSPS) is 19.6. The number of hydrogen-bond donors (Lipinski definition) is 2. The largest absolute Gasteiger partial charge is 0.393 e. The van der Waals surface area contributed by atoms with Crippen LogP contribution in [-0.2, 0) is 0 Å². The molecule has 1 amide bonds. The summed E-state index contributed by atoms with van der Waals surface area (Å²) >= 11 is 0. The molecule has 4 aromatic rings. The minimum atomic E-state index is -0.325. The average Bonchev–Trinajstić information content (AvgIpc) is 3.18. The third kappa shape index (κ3) is 3.92. The van der Waals surface area contributed by atoms with Gasteiger partial charge in [0.25, 0.3) is 5.91 Å². The van der Waals surface area contributed by atoms with E-state index < -0.39 is 0 Å². The minimum absolute atomic E-state index is 0.191. The summed E-state index contributed by atoms with van der Waals surface area (Å²) in [5.74, 6) is -0.325. The van der Waals surface area contributed by atoms with Crippen LogP contribution in [0.5, 0.6) is 0 Å². The minimum Gasteiger partial charge on any atom is -0.393 e. The summed E-state index contributed by atoms with van der Waals surface area (Å²) in [5, 5.41) is 9.92. The van der Waals surface area contributed by atoms with E-state index in [9.17, 15) is 9.90 Å². The van der Waals surface area contributed by atoms with Crippen molar-refractivity contribution in [3.63, 3.8) is 0 Å². The summed E-state index contributed by atoms with van der Waals surface area (Å²) in [6.45, 7) is 0. The highest BCUT2D eigenvalue weighted by molar-refractivity contribution is 5.95. The molecule has 0 radical (unpaired) electrons. The lowest BCUT2D eigenvalue weighted by Gasteiger charge is -2.27. The molecule has 156 valence electrons. The van der Waals surface area contributed by atoms with Crippen LogP contribution >= 0.6 is 0 Å². The second kappa shape index (κ2) is 8.28. The first-order valence-electron chi connectivity index (χ1n) is 10.5. The molecule has 1 fully saturated rings. The maximum Gasteiger partial charge on any atom is 0.280 e. The molecular formula is C24H23N5O2. The third-order valence-corrected chi connectivity index (χ3v) is 5.86. The van der Waals surface area contributed by atoms with Gasteiger partial charge in [-0.25, -0.2) is 0 Å². The van der Waals surface area contributed by atoms with Gasteiger partial charge in [0.15, 0.2) is 0 Å². The number of carbonyl (C=O) groups is 1. The molecule has 3 aromatic heterocycles. The van der Waals surface area contributed by atoms with Gasteiger partial charge in [-0.3, -0.25) is 14.8 Å². The number of aliphatic hydroxyl groups excluding tert-OH is 1. The number of nitrogens with one attached hydrogen (secondary N) is 1. The number of rotatable bonds is 3. The van der Waals surface area contributed by atoms with E-state index in [0.29, 0.717) is 16.9 Å². The molecule has 1 saturated carbocycles. The monoisotopic (exact) mass is 413 g/mol. The number of aromatic amines is 1. The maximum atomic E-state index is 13.1. The van der Waals surface area contributed by atoms with E-state index >= 15 is 0 Å². The zero-order valence-corrected chi connectivity index (χ0v) is 17.0. The van der Waals surface area contributed by atoms with Crippen molar-refractivity contribution in [2.24, 2.45) is 4.99 Å². The highest BCUT2D eigenvalue weighted by Gasteiger charge is 2.23. The number of fused-ring (bicyclic) bond motifs is 1. The second-order valence-corrected chi connectivity index (χ2v) is 7.88. The molecule has 5 rings (SSSR count). The number of H-pyrrole nitrogens is 1. The van der Waals surface area contributed by atoms with Gasteiger partial charge in [-0.1, -0.05) is 12.1 Å². The Kier molecular flexibility index (Phi) is 5.18. The Balaban J connectivity index is 1.56. The lowest BCUT2D eigenvalue weighted by atomic mass is 9.93. The highest BCUT2D eigenvalue weighted by Crippen LogP contribution is 2.29. The first-order chi connectivity index (χ1) is 15.2. The molecule has 0 bridgehead atoms. The fourth-order valence-electron chi connectivity index (χ4n) is 4.26. The van der Waals surface area contributed by atoms with Crippen molar-refractivity contribution in [3.8, 4) is 11.3 Å². The molecule has 1 aliphatic carbocycles. The zero-order chi connectivity index (χ0) is 21.2. The van der Waals surface area contributed by atoms with Gasteiger partial charge in [-0.2, -0.15) is 4.99 Å². The summed E-state index contributed by atoms with van der Waals surface area (Å²) in [6, 6.07) is 15.3. The van der Waals surface area contributed by atoms with Gasteiger partial charge in [0.1, 0.15) is 0 Å². The number of imidazole rings is 1. The summed E-state index contributed by atoms with van der Waals surface area (Å²) in [4.78, 5) is 29.3. The van der Waals surface area contributed by atoms with Crippen LogP contribution in [0.15, 0.2) is 72.1 Å². The molecule has 3 heterocycles. The SMILES string of the molecule is O=C(/N=c1\[nH]c2ccccc2n1[C@H]1CC[C@@H](O)CC1)c1ccnc(-c2ccncc2)c1. The van der Waals surface area contributed by atoms with Gasteiger partial charge in [0.05, 0.1) is 22.8 Å². The van der Waals surface area contributed by atoms with Gasteiger partial charge in [0, 0.05) is 35.8 Å². The molecular weight excluding hydrogens is 390 g/mol. The van der Waals surface area contributed by atoms with Gasteiger partial charge in [0.2, 0.25) is 5.62 Å². The first-order valence-corrected chi connectivity index (χ1v) is 10.5. The summed E-state index contributed by atoms with van der Waals surface area (Å²) in [5.41, 5.74) is 4.57. The van der Waals surface area contributed by atoms with Crippen LogP contribution < -0.4 is 5.62 Å². The van der Waals surface area contributed by atoms with Crippen LogP contribution in [0.1, 0.15) is 42.1 Å². The summed E-state index contributed by atoms with van der Waals surface area (Å²) in [7, 11) is 0. The molecule has 0 aliphatic heterocycles. The van der Waals surface area contributed by atoms with Crippen molar-refractivity contribution < 1.29 is 9.90 Å². The fraction of sp³-hybridized carbons (Fsp3) is 0.250. The predicted octanol–water partition coefficient (Wildman–Crippen LogP) is 3.64. The molecule has 7 nitrogen and oxygen atoms in total. The number of carbonyl (C=O) groups excluding carboxylic acids is 1. The lowest BCUT2D eigenvalue weighted by Crippen LogP contribution is -2.29. The Morgan fingerprint density at radius 1 is 1.03 bits per heavy atom. The Labute approximate surface area is 179 Å². The number of aliphatic hydroxyl groups is 1. The Bertz CT molecular complexity index is 1280. The van der Waals surface area contributed by atoms with Crippen molar-refractivity contribution in [2.75, 3.05) is 0 Å². The molecule has 0 unspecified atom stereocenters. The standard InChI is InChI=1S/C24H23N5O2/c30-19-7-5-18(6-8-19)29-22-4-2-1-3-20(22)27-24(29)28-23(31)17-11-14-26-21(15-17)16-9-12-25-13-10-16/h1-4,9-15,18-19,30H,5-8H2,(H,27,28,31)/t18-,19+. The molecule has 0 atom stereocenters. The number of para-hydroxylation sites is 2. The molecule has 1 aromatic carbocycles. The highest BCUT2D eigenvalue weighted by atomic mass is 16.3. The fourth-order valence-corrected chi connectivity index (χ4v) is 4.26. The Morgan fingerprint density at radius 2 is 1.81 bits per heavy atom. The Morgan fingerprint density at radius 3 is 2.61 bits per heavy atom. The first kappa shape index (κ1) is 19.4. The Hall–Kier alpha value is -3.58. The molecule has 0 saturated heterocycles. The smallest absolute Gasteiger partial charge is 0.280 e. The van der Waals surface area contributed by atoms with E-state index in [0.717, 1.165) is 42.3 Å². The van der Waals surface area contributed by atoms with Crippen molar-refractivity contribution in [1.29, 1.82) is 0 Å². The van der Waals surface area contributed by atoms with Crippen LogP contribution in [0, 0.1) is 0 Å². The lowest BCUT2D eigenvalue weighted by molar-refractivity contribution is 0.0990. The number of hydrogen-bond acceptors (Lipinski definition) is 4. The van der Waals surface area contributed by atoms with Crippen LogP contribution in [0.25, 0.3) is 22.3 Å². The van der Waals surface area contributed by atoms with E-state index in [2.05, 4.69) is 24.5 Å². The van der Waals surface area contributed by atoms with E-state index in [1.807, 2.05) is 36.4 Å². The predicted molar refractivity (Wildman–Crippen MR) is 117 cm³/mol. The number of amides is 1. The maximum absolute atomic E-state index is 13.1. The van der Waals surface area contributed by atoms with E-state index in [1.165, 1.54) is 0 Å². The van der Waals surface area contributed by atoms with Crippen molar-refractivity contribution in [3.05, 3.63) is 78.3 Å². The second-order valence-electron chi connectivity index (χ2n) is 7.88. The van der Waals surface area contributed by atoms with Crippen molar-refractivity contribution >= 4 is 16.9 Å². The van der Waals surface area contributed by atoms with E-state index in [1.54, 1.807) is 30.7 Å². The molecule has 7 heteroatoms. The third-order valence-electron chi connectivity index (χ3n) is 5.86. The van der Waals surface area contributed by atoms with E-state index in [4.69, 9.17) is 0 Å². The summed E-state index contributed by atoms with van der Waals surface area (Å²) in [6.07, 6.45) is 7.99. The van der Waals surface area contributed by atoms with Crippen molar-refractivity contribution in [1.82, 2.24) is 19.5 Å². The van der Waals surface area contributed by atoms with Gasteiger partial charge >= 0.3 is 0 Å². The quantitative estimate of drug-likeness (QED) is 0.536. The molecule has 2 N–H and O–H groups in total. The van der Waals surface area contributed by atoms with Crippen LogP contribution in [0.3, 0.4) is 0 Å². The van der Waals surface area contributed by atoms with E-state index in [-0.39, 0.29) is 18.1 Å². The zero-order valence-electron chi connectivity index (χ0n) is 17.0. The van der Waals surface area contributed by atoms with Crippen LogP contribution in [0.2, 0.25) is 0 Å². The summed E-state index contributed by atoms with van der Waals surface area (Å²) < 4.78 is 2.12. The van der Waals surface area contributed by atoms with Gasteiger partial charge in [-0.05, 0) is 62.1 Å². The van der Waals surface area contributed by atoms with Crippen LogP contribution in [-0.4, -0.2) is 36.6 Å². The van der Waals surface area contributed by atoms with Crippen LogP contribution in [0.4, 0.5) is 0 Å². The number of pyridine rings is 2. The number of aromatic nitrogens is 4. The molecule has 31 heavy (non-hydrogen) atoms. The van der Waals surface area contributed by atoms with Gasteiger partial charge in [-0.15, -0.1) is 0 Å². The number of benzene rings is 1. The molecule has 0 spiro atoms. The van der Waals surface area contributed by atoms with Gasteiger partial charge < -0.3 is 14.7 Å².